The van der Waals surface area contributed by atoms with Crippen molar-refractivity contribution in [2.24, 2.45) is 11.8 Å². The molecule has 3 saturated carbocycles. The monoisotopic (exact) mass is 412 g/mol. The summed E-state index contributed by atoms with van der Waals surface area (Å²) in [5.41, 5.74) is 3.90. The first-order chi connectivity index (χ1) is 13.8. The molecule has 0 radical (unpaired) electrons. The minimum Gasteiger partial charge on any atom is -0.349 e. The van der Waals surface area contributed by atoms with Crippen molar-refractivity contribution < 1.29 is 9.13 Å². The first kappa shape index (κ1) is 20.0. The molecule has 28 heavy (non-hydrogen) atoms. The topological polar surface area (TPSA) is 48.6 Å². The van der Waals surface area contributed by atoms with Gasteiger partial charge in [-0.3, -0.25) is 10.6 Å². The minimum absolute atomic E-state index is 0.0832. The SMILES string of the molecule is FC1CCC(C2CNC(SCC3NC(C4CC4)N(C4CCCCC4)N3)O2)CC1. The molecule has 0 aromatic carbocycles. The van der Waals surface area contributed by atoms with E-state index < -0.39 is 6.17 Å². The van der Waals surface area contributed by atoms with Crippen molar-refractivity contribution in [2.75, 3.05) is 12.3 Å². The maximum absolute atomic E-state index is 13.4. The van der Waals surface area contributed by atoms with Gasteiger partial charge in [-0.25, -0.2) is 14.8 Å². The van der Waals surface area contributed by atoms with Crippen LogP contribution in [0.15, 0.2) is 0 Å². The van der Waals surface area contributed by atoms with Crippen molar-refractivity contribution in [2.45, 2.75) is 107 Å². The lowest BCUT2D eigenvalue weighted by molar-refractivity contribution is 0.0283. The Morgan fingerprint density at radius 3 is 2.43 bits per heavy atom. The molecular weight excluding hydrogens is 375 g/mol. The van der Waals surface area contributed by atoms with Crippen molar-refractivity contribution >= 4 is 11.8 Å². The normalized spacial score (nSPS) is 43.6. The number of rotatable bonds is 6. The van der Waals surface area contributed by atoms with Crippen LogP contribution in [-0.4, -0.2) is 53.5 Å². The van der Waals surface area contributed by atoms with Gasteiger partial charge in [-0.2, -0.15) is 0 Å². The molecule has 5 rings (SSSR count). The van der Waals surface area contributed by atoms with Crippen LogP contribution in [0, 0.1) is 11.8 Å². The van der Waals surface area contributed by atoms with Gasteiger partial charge in [-0.15, -0.1) is 11.8 Å². The van der Waals surface area contributed by atoms with Crippen LogP contribution in [0.5, 0.6) is 0 Å². The molecular formula is C21H37FN4OS. The number of alkyl halides is 1. The predicted octanol–water partition coefficient (Wildman–Crippen LogP) is 3.32. The van der Waals surface area contributed by atoms with Crippen LogP contribution < -0.4 is 16.1 Å². The summed E-state index contributed by atoms with van der Waals surface area (Å²) in [6.07, 6.45) is 13.5. The summed E-state index contributed by atoms with van der Waals surface area (Å²) in [4.78, 5) is 0. The lowest BCUT2D eigenvalue weighted by Gasteiger charge is -2.34. The van der Waals surface area contributed by atoms with Gasteiger partial charge in [0.25, 0.3) is 0 Å². The molecule has 4 atom stereocenters. The van der Waals surface area contributed by atoms with E-state index in [2.05, 4.69) is 21.1 Å². The van der Waals surface area contributed by atoms with Gasteiger partial charge in [0.05, 0.1) is 18.4 Å². The number of ether oxygens (including phenoxy) is 1. The van der Waals surface area contributed by atoms with Crippen LogP contribution >= 0.6 is 11.8 Å². The molecule has 4 unspecified atom stereocenters. The summed E-state index contributed by atoms with van der Waals surface area (Å²) in [5.74, 6) is 2.38. The molecule has 3 N–H and O–H groups in total. The molecule has 0 aromatic rings. The molecule has 160 valence electrons. The Balaban J connectivity index is 1.08. The highest BCUT2D eigenvalue weighted by molar-refractivity contribution is 7.99. The third kappa shape index (κ3) is 4.70. The zero-order valence-electron chi connectivity index (χ0n) is 17.0. The van der Waals surface area contributed by atoms with Gasteiger partial charge in [-0.1, -0.05) is 19.3 Å². The number of nitrogens with zero attached hydrogens (tertiary/aromatic N) is 1. The third-order valence-electron chi connectivity index (χ3n) is 7.44. The molecule has 2 heterocycles. The zero-order valence-corrected chi connectivity index (χ0v) is 17.8. The smallest absolute Gasteiger partial charge is 0.156 e. The average molecular weight is 413 g/mol. The fourth-order valence-electron chi connectivity index (χ4n) is 5.61. The highest BCUT2D eigenvalue weighted by Crippen LogP contribution is 2.38. The minimum atomic E-state index is -0.582. The standard InChI is InChI=1S/C21H37FN4OS/c22-16-10-8-14(9-11-16)18-12-23-21(27-18)28-13-19-24-20(15-6-7-15)26(25-19)17-4-2-1-3-5-17/h14-21,23-25H,1-13H2. The maximum atomic E-state index is 13.4. The van der Waals surface area contributed by atoms with Crippen LogP contribution in [0.25, 0.3) is 0 Å². The number of hydrogen-bond donors (Lipinski definition) is 3. The summed E-state index contributed by atoms with van der Waals surface area (Å²) in [5, 5.41) is 10.00. The Bertz CT molecular complexity index is 511. The number of halogens is 1. The summed E-state index contributed by atoms with van der Waals surface area (Å²) < 4.78 is 19.7. The second-order valence-corrected chi connectivity index (χ2v) is 10.7. The molecule has 0 bridgehead atoms. The van der Waals surface area contributed by atoms with Gasteiger partial charge < -0.3 is 4.74 Å². The second kappa shape index (κ2) is 9.06. The second-order valence-electron chi connectivity index (χ2n) is 9.59. The van der Waals surface area contributed by atoms with E-state index in [9.17, 15) is 4.39 Å². The first-order valence-electron chi connectivity index (χ1n) is 11.7. The summed E-state index contributed by atoms with van der Waals surface area (Å²) in [7, 11) is 0. The predicted molar refractivity (Wildman–Crippen MR) is 111 cm³/mol. The van der Waals surface area contributed by atoms with Crippen molar-refractivity contribution in [1.82, 2.24) is 21.1 Å². The average Bonchev–Trinajstić information content (AvgIpc) is 3.31. The van der Waals surface area contributed by atoms with E-state index >= 15 is 0 Å². The number of hydrazine groups is 1. The summed E-state index contributed by atoms with van der Waals surface area (Å²) >= 11 is 1.87. The number of thioether (sulfide) groups is 1. The molecule has 5 aliphatic rings. The van der Waals surface area contributed by atoms with E-state index in [1.807, 2.05) is 11.8 Å². The van der Waals surface area contributed by atoms with Gasteiger partial charge in [0.2, 0.25) is 0 Å². The van der Waals surface area contributed by atoms with E-state index in [0.29, 0.717) is 24.3 Å². The summed E-state index contributed by atoms with van der Waals surface area (Å²) in [6, 6.07) is 0.706. The fourth-order valence-corrected chi connectivity index (χ4v) is 6.59. The Morgan fingerprint density at radius 2 is 1.68 bits per heavy atom. The van der Waals surface area contributed by atoms with Crippen LogP contribution in [0.4, 0.5) is 4.39 Å². The Labute approximate surface area is 173 Å². The highest BCUT2D eigenvalue weighted by Gasteiger charge is 2.44. The highest BCUT2D eigenvalue weighted by atomic mass is 32.2. The molecule has 5 nitrogen and oxygen atoms in total. The molecule has 0 aromatic heterocycles. The molecule has 7 heteroatoms. The van der Waals surface area contributed by atoms with Crippen LogP contribution in [0.1, 0.15) is 70.6 Å². The van der Waals surface area contributed by atoms with Gasteiger partial charge in [0.15, 0.2) is 5.56 Å². The van der Waals surface area contributed by atoms with E-state index in [-0.39, 0.29) is 11.7 Å². The van der Waals surface area contributed by atoms with Crippen LogP contribution in [0.2, 0.25) is 0 Å². The Kier molecular flexibility index (Phi) is 6.48. The summed E-state index contributed by atoms with van der Waals surface area (Å²) in [6.45, 7) is 0.920. The number of hydrogen-bond acceptors (Lipinski definition) is 6. The largest absolute Gasteiger partial charge is 0.349 e. The molecule has 3 aliphatic carbocycles. The Hall–Kier alpha value is 0.0800. The van der Waals surface area contributed by atoms with E-state index in [1.165, 1.54) is 44.9 Å². The first-order valence-corrected chi connectivity index (χ1v) is 12.8. The van der Waals surface area contributed by atoms with Gasteiger partial charge in [0, 0.05) is 18.3 Å². The van der Waals surface area contributed by atoms with Crippen molar-refractivity contribution in [3.8, 4) is 0 Å². The molecule has 0 spiro atoms. The van der Waals surface area contributed by atoms with Crippen LogP contribution in [-0.2, 0) is 4.74 Å². The fraction of sp³-hybridized carbons (Fsp3) is 1.00. The quantitative estimate of drug-likeness (QED) is 0.622. The van der Waals surface area contributed by atoms with Crippen molar-refractivity contribution in [1.29, 1.82) is 0 Å². The van der Waals surface area contributed by atoms with Gasteiger partial charge >= 0.3 is 0 Å². The molecule has 2 aliphatic heterocycles. The van der Waals surface area contributed by atoms with Gasteiger partial charge in [-0.05, 0) is 63.2 Å². The lowest BCUT2D eigenvalue weighted by Crippen LogP contribution is -2.49. The zero-order chi connectivity index (χ0) is 18.9. The van der Waals surface area contributed by atoms with Crippen molar-refractivity contribution in [3.63, 3.8) is 0 Å². The van der Waals surface area contributed by atoms with Gasteiger partial charge in [0.1, 0.15) is 6.17 Å². The molecule has 0 amide bonds. The van der Waals surface area contributed by atoms with E-state index in [1.54, 1.807) is 0 Å². The van der Waals surface area contributed by atoms with E-state index in [0.717, 1.165) is 43.9 Å². The third-order valence-corrected chi connectivity index (χ3v) is 8.54. The van der Waals surface area contributed by atoms with E-state index in [4.69, 9.17) is 4.74 Å². The van der Waals surface area contributed by atoms with Crippen molar-refractivity contribution in [3.05, 3.63) is 0 Å². The molecule has 2 saturated heterocycles. The molecule has 5 fully saturated rings. The lowest BCUT2D eigenvalue weighted by atomic mass is 9.84. The Morgan fingerprint density at radius 1 is 0.929 bits per heavy atom. The van der Waals surface area contributed by atoms with Crippen LogP contribution in [0.3, 0.4) is 0 Å². The maximum Gasteiger partial charge on any atom is 0.156 e. The number of nitrogens with one attached hydrogen (secondary N) is 3.